The molecule has 1 unspecified atom stereocenters. The summed E-state index contributed by atoms with van der Waals surface area (Å²) < 4.78 is 25.6. The first-order chi connectivity index (χ1) is 7.02. The van der Waals surface area contributed by atoms with Crippen molar-refractivity contribution in [1.29, 1.82) is 0 Å². The Bertz CT molecular complexity index is 251. The minimum absolute atomic E-state index is 0.315. The second kappa shape index (κ2) is 7.63. The summed E-state index contributed by atoms with van der Waals surface area (Å²) in [5.41, 5.74) is 0. The van der Waals surface area contributed by atoms with Crippen molar-refractivity contribution in [3.8, 4) is 0 Å². The van der Waals surface area contributed by atoms with E-state index in [2.05, 4.69) is 11.1 Å². The first-order valence-corrected chi connectivity index (χ1v) is 6.58. The molecule has 15 heavy (non-hydrogen) atoms. The molecule has 6 heteroatoms. The number of ether oxygens (including phenoxy) is 1. The van der Waals surface area contributed by atoms with Gasteiger partial charge < -0.3 is 13.8 Å². The number of carbonyl (C=O) groups excluding carboxylic acids is 1. The standard InChI is InChI=1S/C9H17O5P/c1-4-9(10)13-7-5-6-8-14-15(3,11)12-2/h4H,1,5-8H2,2-3H3. The number of esters is 1. The first-order valence-electron chi connectivity index (χ1n) is 4.59. The molecule has 0 amide bonds. The Kier molecular flexibility index (Phi) is 7.30. The first kappa shape index (κ1) is 14.4. The van der Waals surface area contributed by atoms with E-state index in [0.29, 0.717) is 26.1 Å². The Labute approximate surface area is 89.9 Å². The molecule has 0 saturated carbocycles. The van der Waals surface area contributed by atoms with Crippen LogP contribution in [0.5, 0.6) is 0 Å². The van der Waals surface area contributed by atoms with E-state index in [-0.39, 0.29) is 0 Å². The minimum Gasteiger partial charge on any atom is -0.463 e. The number of carbonyl (C=O) groups is 1. The Morgan fingerprint density at radius 2 is 2.00 bits per heavy atom. The zero-order valence-corrected chi connectivity index (χ0v) is 10.00. The van der Waals surface area contributed by atoms with Gasteiger partial charge in [0.1, 0.15) is 0 Å². The van der Waals surface area contributed by atoms with Crippen LogP contribution in [0.4, 0.5) is 0 Å². The van der Waals surface area contributed by atoms with Gasteiger partial charge in [-0.15, -0.1) is 0 Å². The average molecular weight is 236 g/mol. The maximum absolute atomic E-state index is 11.2. The molecule has 0 saturated heterocycles. The molecule has 0 fully saturated rings. The van der Waals surface area contributed by atoms with E-state index in [1.54, 1.807) is 0 Å². The number of hydrogen-bond acceptors (Lipinski definition) is 5. The molecule has 0 spiro atoms. The van der Waals surface area contributed by atoms with E-state index in [0.717, 1.165) is 6.08 Å². The van der Waals surface area contributed by atoms with Gasteiger partial charge in [-0.2, -0.15) is 0 Å². The summed E-state index contributed by atoms with van der Waals surface area (Å²) in [6, 6.07) is 0. The van der Waals surface area contributed by atoms with Crippen LogP contribution in [-0.4, -0.2) is 33.0 Å². The second-order valence-corrected chi connectivity index (χ2v) is 5.03. The molecule has 0 heterocycles. The van der Waals surface area contributed by atoms with E-state index < -0.39 is 13.6 Å². The maximum atomic E-state index is 11.2. The monoisotopic (exact) mass is 236 g/mol. The molecule has 88 valence electrons. The molecule has 0 bridgehead atoms. The summed E-state index contributed by atoms with van der Waals surface area (Å²) in [5, 5.41) is 0. The summed E-state index contributed by atoms with van der Waals surface area (Å²) in [4.78, 5) is 10.6. The molecule has 0 N–H and O–H groups in total. The van der Waals surface area contributed by atoms with Gasteiger partial charge in [0.2, 0.25) is 0 Å². The third-order valence-corrected chi connectivity index (χ3v) is 2.92. The van der Waals surface area contributed by atoms with Crippen LogP contribution in [0, 0.1) is 0 Å². The lowest BCUT2D eigenvalue weighted by Crippen LogP contribution is -2.03. The van der Waals surface area contributed by atoms with E-state index in [1.165, 1.54) is 13.8 Å². The van der Waals surface area contributed by atoms with Gasteiger partial charge in [-0.3, -0.25) is 4.57 Å². The molecular formula is C9H17O5P. The van der Waals surface area contributed by atoms with Crippen molar-refractivity contribution in [3.63, 3.8) is 0 Å². The Hall–Kier alpha value is -0.640. The molecule has 5 nitrogen and oxygen atoms in total. The molecule has 0 rings (SSSR count). The van der Waals surface area contributed by atoms with E-state index >= 15 is 0 Å². The number of hydrogen-bond donors (Lipinski definition) is 0. The van der Waals surface area contributed by atoms with Gasteiger partial charge in [-0.1, -0.05) is 6.58 Å². The topological polar surface area (TPSA) is 61.8 Å². The lowest BCUT2D eigenvalue weighted by Gasteiger charge is -2.10. The summed E-state index contributed by atoms with van der Waals surface area (Å²) in [7, 11) is -1.53. The van der Waals surface area contributed by atoms with Crippen molar-refractivity contribution in [2.24, 2.45) is 0 Å². The van der Waals surface area contributed by atoms with Crippen LogP contribution < -0.4 is 0 Å². The lowest BCUT2D eigenvalue weighted by molar-refractivity contribution is -0.137. The van der Waals surface area contributed by atoms with Gasteiger partial charge in [0.15, 0.2) is 0 Å². The fraction of sp³-hybridized carbons (Fsp3) is 0.667. The summed E-state index contributed by atoms with van der Waals surface area (Å²) in [5.74, 6) is -0.436. The van der Waals surface area contributed by atoms with Crippen LogP contribution >= 0.6 is 7.60 Å². The number of rotatable bonds is 8. The molecule has 0 aromatic heterocycles. The highest BCUT2D eigenvalue weighted by atomic mass is 31.2. The molecular weight excluding hydrogens is 219 g/mol. The highest BCUT2D eigenvalue weighted by molar-refractivity contribution is 7.52. The fourth-order valence-corrected chi connectivity index (χ4v) is 1.29. The summed E-state index contributed by atoms with van der Waals surface area (Å²) >= 11 is 0. The zero-order valence-electron chi connectivity index (χ0n) is 9.10. The Balaban J connectivity index is 3.36. The molecule has 0 radical (unpaired) electrons. The highest BCUT2D eigenvalue weighted by Crippen LogP contribution is 2.42. The predicted octanol–water partition coefficient (Wildman–Crippen LogP) is 1.98. The van der Waals surface area contributed by atoms with Crippen LogP contribution in [0.25, 0.3) is 0 Å². The largest absolute Gasteiger partial charge is 0.463 e. The molecule has 0 aliphatic heterocycles. The van der Waals surface area contributed by atoms with Crippen molar-refractivity contribution in [1.82, 2.24) is 0 Å². The molecule has 0 aromatic carbocycles. The summed E-state index contributed by atoms with van der Waals surface area (Å²) in [6.45, 7) is 5.32. The van der Waals surface area contributed by atoms with E-state index in [4.69, 9.17) is 9.26 Å². The molecule has 0 aliphatic carbocycles. The third-order valence-electron chi connectivity index (χ3n) is 1.61. The van der Waals surface area contributed by atoms with Crippen molar-refractivity contribution in [3.05, 3.63) is 12.7 Å². The smallest absolute Gasteiger partial charge is 0.330 e. The van der Waals surface area contributed by atoms with Crippen molar-refractivity contribution in [2.75, 3.05) is 27.0 Å². The van der Waals surface area contributed by atoms with Gasteiger partial charge in [0, 0.05) is 19.9 Å². The predicted molar refractivity (Wildman–Crippen MR) is 56.9 cm³/mol. The molecule has 0 aromatic rings. The van der Waals surface area contributed by atoms with E-state index in [1.807, 2.05) is 0 Å². The molecule has 1 atom stereocenters. The Morgan fingerprint density at radius 3 is 2.53 bits per heavy atom. The van der Waals surface area contributed by atoms with Crippen LogP contribution in [-0.2, 0) is 23.1 Å². The average Bonchev–Trinajstić information content (AvgIpc) is 2.22. The van der Waals surface area contributed by atoms with Crippen molar-refractivity contribution >= 4 is 13.6 Å². The van der Waals surface area contributed by atoms with Crippen LogP contribution in [0.2, 0.25) is 0 Å². The van der Waals surface area contributed by atoms with Gasteiger partial charge in [0.05, 0.1) is 13.2 Å². The number of unbranched alkanes of at least 4 members (excludes halogenated alkanes) is 1. The van der Waals surface area contributed by atoms with Crippen molar-refractivity contribution in [2.45, 2.75) is 12.8 Å². The molecule has 0 aliphatic rings. The normalized spacial score (nSPS) is 14.3. The zero-order chi connectivity index (χ0) is 11.7. The van der Waals surface area contributed by atoms with Crippen LogP contribution in [0.15, 0.2) is 12.7 Å². The lowest BCUT2D eigenvalue weighted by atomic mass is 10.3. The van der Waals surface area contributed by atoms with Gasteiger partial charge >= 0.3 is 13.6 Å². The van der Waals surface area contributed by atoms with Crippen LogP contribution in [0.1, 0.15) is 12.8 Å². The van der Waals surface area contributed by atoms with Crippen LogP contribution in [0.3, 0.4) is 0 Å². The highest BCUT2D eigenvalue weighted by Gasteiger charge is 2.12. The van der Waals surface area contributed by atoms with E-state index in [9.17, 15) is 9.36 Å². The summed E-state index contributed by atoms with van der Waals surface area (Å²) in [6.07, 6.45) is 2.43. The third kappa shape index (κ3) is 8.36. The van der Waals surface area contributed by atoms with Crippen molar-refractivity contribution < 1.29 is 23.1 Å². The van der Waals surface area contributed by atoms with Gasteiger partial charge in [0.25, 0.3) is 0 Å². The second-order valence-electron chi connectivity index (χ2n) is 2.87. The maximum Gasteiger partial charge on any atom is 0.330 e. The van der Waals surface area contributed by atoms with Gasteiger partial charge in [-0.05, 0) is 12.8 Å². The van der Waals surface area contributed by atoms with Gasteiger partial charge in [-0.25, -0.2) is 4.79 Å². The SMILES string of the molecule is C=CC(=O)OCCCCOP(C)(=O)OC. The fourth-order valence-electron chi connectivity index (χ4n) is 0.719. The quantitative estimate of drug-likeness (QED) is 0.279. The minimum atomic E-state index is -2.87. The Morgan fingerprint density at radius 1 is 1.40 bits per heavy atom.